The molecule has 1 aliphatic carbocycles. The van der Waals surface area contributed by atoms with Crippen LogP contribution >= 0.6 is 0 Å². The maximum atomic E-state index is 14.6. The summed E-state index contributed by atoms with van der Waals surface area (Å²) >= 11 is 0. The van der Waals surface area contributed by atoms with Crippen molar-refractivity contribution >= 4 is 5.91 Å². The molecule has 1 aliphatic rings. The molecule has 1 amide bonds. The molecule has 4 aromatic rings. The van der Waals surface area contributed by atoms with E-state index >= 15 is 0 Å². The van der Waals surface area contributed by atoms with Gasteiger partial charge in [-0.1, -0.05) is 48.5 Å². The van der Waals surface area contributed by atoms with Crippen LogP contribution in [0.15, 0.2) is 78.9 Å². The maximum Gasteiger partial charge on any atom is 0.257 e. The molecule has 1 aromatic heterocycles. The Morgan fingerprint density at radius 3 is 2.47 bits per heavy atom. The van der Waals surface area contributed by atoms with Gasteiger partial charge in [0, 0.05) is 25.2 Å². The SMILES string of the molecule is COc1cccc(Oc2c(CN(CC3CC3)C(=O)c3ccccc3F)c(-c3ccccc3)nn2C)c1. The van der Waals surface area contributed by atoms with Crippen molar-refractivity contribution in [2.45, 2.75) is 19.4 Å². The standard InChI is InChI=1S/C29H28FN3O3/c1-32-29(36-23-12-8-11-22(17-23)35-2)25(27(31-32)21-9-4-3-5-10-21)19-33(18-20-15-16-20)28(34)24-13-6-7-14-26(24)30/h3-14,17,20H,15-16,18-19H2,1-2H3. The van der Waals surface area contributed by atoms with Gasteiger partial charge in [-0.3, -0.25) is 4.79 Å². The van der Waals surface area contributed by atoms with E-state index in [0.29, 0.717) is 29.8 Å². The molecule has 0 unspecified atom stereocenters. The van der Waals surface area contributed by atoms with Gasteiger partial charge in [0.15, 0.2) is 0 Å². The van der Waals surface area contributed by atoms with Crippen molar-refractivity contribution in [1.29, 1.82) is 0 Å². The Hall–Kier alpha value is -4.13. The number of halogens is 1. The Kier molecular flexibility index (Phi) is 6.71. The number of amides is 1. The molecule has 3 aromatic carbocycles. The fraction of sp³-hybridized carbons (Fsp3) is 0.241. The molecule has 7 heteroatoms. The minimum Gasteiger partial charge on any atom is -0.497 e. The molecule has 1 saturated carbocycles. The van der Waals surface area contributed by atoms with Gasteiger partial charge in [0.1, 0.15) is 23.0 Å². The van der Waals surface area contributed by atoms with Gasteiger partial charge in [0.2, 0.25) is 5.88 Å². The first-order valence-electron chi connectivity index (χ1n) is 12.0. The van der Waals surface area contributed by atoms with Crippen LogP contribution in [0.3, 0.4) is 0 Å². The molecular formula is C29H28FN3O3. The van der Waals surface area contributed by atoms with E-state index < -0.39 is 5.82 Å². The van der Waals surface area contributed by atoms with Crippen LogP contribution in [0.5, 0.6) is 17.4 Å². The lowest BCUT2D eigenvalue weighted by atomic mass is 10.1. The molecule has 36 heavy (non-hydrogen) atoms. The summed E-state index contributed by atoms with van der Waals surface area (Å²) in [7, 11) is 3.42. The second kappa shape index (κ2) is 10.2. The average molecular weight is 486 g/mol. The van der Waals surface area contributed by atoms with Gasteiger partial charge < -0.3 is 14.4 Å². The maximum absolute atomic E-state index is 14.6. The van der Waals surface area contributed by atoms with E-state index in [-0.39, 0.29) is 18.0 Å². The van der Waals surface area contributed by atoms with Crippen LogP contribution in [-0.4, -0.2) is 34.2 Å². The number of carbonyl (C=O) groups excluding carboxylic acids is 1. The monoisotopic (exact) mass is 485 g/mol. The first kappa shape index (κ1) is 23.6. The van der Waals surface area contributed by atoms with Crippen molar-refractivity contribution in [3.63, 3.8) is 0 Å². The summed E-state index contributed by atoms with van der Waals surface area (Å²) in [6, 6.07) is 23.3. The summed E-state index contributed by atoms with van der Waals surface area (Å²) in [5, 5.41) is 4.77. The van der Waals surface area contributed by atoms with Gasteiger partial charge in [-0.05, 0) is 43.0 Å². The van der Waals surface area contributed by atoms with Crippen LogP contribution in [0.25, 0.3) is 11.3 Å². The van der Waals surface area contributed by atoms with Crippen molar-refractivity contribution in [1.82, 2.24) is 14.7 Å². The summed E-state index contributed by atoms with van der Waals surface area (Å²) in [4.78, 5) is 15.3. The number of benzene rings is 3. The van der Waals surface area contributed by atoms with Crippen molar-refractivity contribution in [2.75, 3.05) is 13.7 Å². The van der Waals surface area contributed by atoms with Crippen LogP contribution in [0.2, 0.25) is 0 Å². The lowest BCUT2D eigenvalue weighted by Gasteiger charge is -2.24. The van der Waals surface area contributed by atoms with Gasteiger partial charge in [-0.15, -0.1) is 0 Å². The highest BCUT2D eigenvalue weighted by Crippen LogP contribution is 2.37. The Balaban J connectivity index is 1.56. The minimum atomic E-state index is -0.523. The Morgan fingerprint density at radius 1 is 1.03 bits per heavy atom. The average Bonchev–Trinajstić information content (AvgIpc) is 3.68. The van der Waals surface area contributed by atoms with Gasteiger partial charge in [-0.25, -0.2) is 9.07 Å². The number of methoxy groups -OCH3 is 1. The van der Waals surface area contributed by atoms with E-state index in [0.717, 1.165) is 29.7 Å². The fourth-order valence-corrected chi connectivity index (χ4v) is 4.25. The third-order valence-corrected chi connectivity index (χ3v) is 6.31. The molecule has 184 valence electrons. The van der Waals surface area contributed by atoms with Crippen molar-refractivity contribution in [3.8, 4) is 28.6 Å². The van der Waals surface area contributed by atoms with Crippen LogP contribution in [0, 0.1) is 11.7 Å². The van der Waals surface area contributed by atoms with Crippen LogP contribution in [-0.2, 0) is 13.6 Å². The summed E-state index contributed by atoms with van der Waals surface area (Å²) < 4.78 is 27.9. The zero-order valence-electron chi connectivity index (χ0n) is 20.4. The topological polar surface area (TPSA) is 56.6 Å². The molecule has 0 spiro atoms. The Bertz CT molecular complexity index is 1370. The van der Waals surface area contributed by atoms with Gasteiger partial charge in [-0.2, -0.15) is 5.10 Å². The van der Waals surface area contributed by atoms with E-state index in [4.69, 9.17) is 14.6 Å². The van der Waals surface area contributed by atoms with Crippen molar-refractivity contribution < 1.29 is 18.7 Å². The van der Waals surface area contributed by atoms with Crippen molar-refractivity contribution in [3.05, 3.63) is 95.8 Å². The number of nitrogens with zero attached hydrogens (tertiary/aromatic N) is 3. The third-order valence-electron chi connectivity index (χ3n) is 6.31. The van der Waals surface area contributed by atoms with Gasteiger partial charge in [0.05, 0.1) is 24.8 Å². The summed E-state index contributed by atoms with van der Waals surface area (Å²) in [5.41, 5.74) is 2.46. The molecule has 5 rings (SSSR count). The molecule has 1 heterocycles. The van der Waals surface area contributed by atoms with E-state index in [1.807, 2.05) is 55.6 Å². The number of aromatic nitrogens is 2. The van der Waals surface area contributed by atoms with E-state index in [9.17, 15) is 9.18 Å². The molecule has 0 bridgehead atoms. The van der Waals surface area contributed by atoms with E-state index in [1.165, 1.54) is 12.1 Å². The Labute approximate surface area is 209 Å². The zero-order chi connectivity index (χ0) is 25.1. The second-order valence-electron chi connectivity index (χ2n) is 9.01. The highest BCUT2D eigenvalue weighted by Gasteiger charge is 2.31. The number of carbonyl (C=O) groups is 1. The number of rotatable bonds is 9. The molecule has 0 atom stereocenters. The lowest BCUT2D eigenvalue weighted by molar-refractivity contribution is 0.0729. The smallest absolute Gasteiger partial charge is 0.257 e. The molecule has 0 radical (unpaired) electrons. The number of hydrogen-bond acceptors (Lipinski definition) is 4. The summed E-state index contributed by atoms with van der Waals surface area (Å²) in [6.07, 6.45) is 2.12. The predicted octanol–water partition coefficient (Wildman–Crippen LogP) is 6.08. The predicted molar refractivity (Wildman–Crippen MR) is 136 cm³/mol. The quantitative estimate of drug-likeness (QED) is 0.288. The molecule has 0 N–H and O–H groups in total. The normalized spacial score (nSPS) is 12.9. The molecule has 0 saturated heterocycles. The van der Waals surface area contributed by atoms with Crippen LogP contribution in [0.1, 0.15) is 28.8 Å². The number of ether oxygens (including phenoxy) is 2. The largest absolute Gasteiger partial charge is 0.497 e. The summed E-state index contributed by atoms with van der Waals surface area (Å²) in [5.74, 6) is 1.34. The van der Waals surface area contributed by atoms with Crippen LogP contribution in [0.4, 0.5) is 4.39 Å². The first-order chi connectivity index (χ1) is 17.5. The summed E-state index contributed by atoms with van der Waals surface area (Å²) in [6.45, 7) is 0.788. The van der Waals surface area contributed by atoms with Crippen molar-refractivity contribution in [2.24, 2.45) is 13.0 Å². The molecule has 0 aliphatic heterocycles. The van der Waals surface area contributed by atoms with E-state index in [1.54, 1.807) is 34.9 Å². The molecular weight excluding hydrogens is 457 g/mol. The third kappa shape index (κ3) is 5.10. The fourth-order valence-electron chi connectivity index (χ4n) is 4.25. The number of hydrogen-bond donors (Lipinski definition) is 0. The Morgan fingerprint density at radius 2 is 1.75 bits per heavy atom. The molecule has 1 fully saturated rings. The molecule has 6 nitrogen and oxygen atoms in total. The minimum absolute atomic E-state index is 0.0681. The van der Waals surface area contributed by atoms with E-state index in [2.05, 4.69) is 0 Å². The number of aryl methyl sites for hydroxylation is 1. The van der Waals surface area contributed by atoms with Crippen LogP contribution < -0.4 is 9.47 Å². The van der Waals surface area contributed by atoms with Gasteiger partial charge >= 0.3 is 0 Å². The lowest BCUT2D eigenvalue weighted by Crippen LogP contribution is -2.33. The van der Waals surface area contributed by atoms with Gasteiger partial charge in [0.25, 0.3) is 5.91 Å². The first-order valence-corrected chi connectivity index (χ1v) is 12.0. The zero-order valence-corrected chi connectivity index (χ0v) is 20.4. The second-order valence-corrected chi connectivity index (χ2v) is 9.01. The highest BCUT2D eigenvalue weighted by atomic mass is 19.1. The highest BCUT2D eigenvalue weighted by molar-refractivity contribution is 5.94.